The predicted molar refractivity (Wildman–Crippen MR) is 127 cm³/mol. The maximum absolute atomic E-state index is 11.0. The number of pyridine rings is 1. The minimum atomic E-state index is 0.541. The maximum Gasteiger partial charge on any atom is 0.162 e. The number of nitrogens with zero attached hydrogens (tertiary/aromatic N) is 3. The standard InChI is InChI=1S/C27H20N4O/c32-18-19-12-14-21(15-13-19)26-30-24-11-6-10-23(20-7-2-1-3-8-20)25(24)27(31-26)29-17-22-9-4-5-16-28-22/h1-16,18H,17H2,(H,29,30,31). The van der Waals surface area contributed by atoms with Crippen molar-refractivity contribution >= 4 is 23.0 Å². The SMILES string of the molecule is O=Cc1ccc(-c2nc(NCc3ccccn3)c3c(-c4ccccc4)cccc3n2)cc1. The minimum Gasteiger partial charge on any atom is -0.364 e. The normalized spacial score (nSPS) is 10.8. The molecule has 32 heavy (non-hydrogen) atoms. The Morgan fingerprint density at radius 3 is 2.31 bits per heavy atom. The molecule has 5 aromatic rings. The second-order valence-corrected chi connectivity index (χ2v) is 7.38. The summed E-state index contributed by atoms with van der Waals surface area (Å²) in [6, 6.07) is 29.5. The van der Waals surface area contributed by atoms with Gasteiger partial charge in [0.25, 0.3) is 0 Å². The summed E-state index contributed by atoms with van der Waals surface area (Å²) in [5.41, 5.74) is 5.41. The molecule has 5 nitrogen and oxygen atoms in total. The summed E-state index contributed by atoms with van der Waals surface area (Å²) >= 11 is 0. The van der Waals surface area contributed by atoms with Crippen LogP contribution >= 0.6 is 0 Å². The number of aromatic nitrogens is 3. The van der Waals surface area contributed by atoms with Crippen LogP contribution in [0.4, 0.5) is 5.82 Å². The van der Waals surface area contributed by atoms with E-state index < -0.39 is 0 Å². The van der Waals surface area contributed by atoms with E-state index >= 15 is 0 Å². The lowest BCUT2D eigenvalue weighted by molar-refractivity contribution is 0.112. The molecule has 0 spiro atoms. The summed E-state index contributed by atoms with van der Waals surface area (Å²) < 4.78 is 0. The summed E-state index contributed by atoms with van der Waals surface area (Å²) in [4.78, 5) is 25.2. The first kappa shape index (κ1) is 19.6. The Morgan fingerprint density at radius 2 is 1.56 bits per heavy atom. The molecule has 0 amide bonds. The van der Waals surface area contributed by atoms with Gasteiger partial charge in [-0.3, -0.25) is 9.78 Å². The number of rotatable bonds is 6. The van der Waals surface area contributed by atoms with Crippen molar-refractivity contribution in [2.75, 3.05) is 5.32 Å². The fourth-order valence-corrected chi connectivity index (χ4v) is 3.69. The molecule has 0 fully saturated rings. The van der Waals surface area contributed by atoms with Crippen LogP contribution in [0.2, 0.25) is 0 Å². The smallest absolute Gasteiger partial charge is 0.162 e. The molecule has 0 unspecified atom stereocenters. The van der Waals surface area contributed by atoms with Gasteiger partial charge in [0, 0.05) is 17.3 Å². The number of aldehydes is 1. The summed E-state index contributed by atoms with van der Waals surface area (Å²) in [5.74, 6) is 1.35. The van der Waals surface area contributed by atoms with Gasteiger partial charge in [-0.1, -0.05) is 72.8 Å². The highest BCUT2D eigenvalue weighted by atomic mass is 16.1. The molecule has 0 bridgehead atoms. The highest BCUT2D eigenvalue weighted by Crippen LogP contribution is 2.34. The number of nitrogens with one attached hydrogen (secondary N) is 1. The van der Waals surface area contributed by atoms with Gasteiger partial charge in [0.2, 0.25) is 0 Å². The number of carbonyl (C=O) groups excluding carboxylic acids is 1. The van der Waals surface area contributed by atoms with Crippen molar-refractivity contribution in [2.45, 2.75) is 6.54 Å². The van der Waals surface area contributed by atoms with E-state index in [-0.39, 0.29) is 0 Å². The average molecular weight is 416 g/mol. The van der Waals surface area contributed by atoms with Crippen LogP contribution in [0.25, 0.3) is 33.4 Å². The zero-order valence-electron chi connectivity index (χ0n) is 17.3. The zero-order valence-corrected chi connectivity index (χ0v) is 17.3. The lowest BCUT2D eigenvalue weighted by Gasteiger charge is -2.14. The van der Waals surface area contributed by atoms with E-state index in [1.807, 2.05) is 60.7 Å². The van der Waals surface area contributed by atoms with Crippen LogP contribution in [0.15, 0.2) is 97.2 Å². The van der Waals surface area contributed by atoms with Crippen molar-refractivity contribution in [1.82, 2.24) is 15.0 Å². The molecular formula is C27H20N4O. The van der Waals surface area contributed by atoms with Gasteiger partial charge in [-0.05, 0) is 29.3 Å². The van der Waals surface area contributed by atoms with Gasteiger partial charge in [-0.25, -0.2) is 9.97 Å². The predicted octanol–water partition coefficient (Wildman–Crippen LogP) is 5.78. The fraction of sp³-hybridized carbons (Fsp3) is 0.0370. The van der Waals surface area contributed by atoms with Crippen molar-refractivity contribution in [2.24, 2.45) is 0 Å². The fourth-order valence-electron chi connectivity index (χ4n) is 3.69. The van der Waals surface area contributed by atoms with E-state index in [2.05, 4.69) is 28.5 Å². The molecule has 154 valence electrons. The topological polar surface area (TPSA) is 67.8 Å². The van der Waals surface area contributed by atoms with Crippen LogP contribution in [0.3, 0.4) is 0 Å². The minimum absolute atomic E-state index is 0.541. The lowest BCUT2D eigenvalue weighted by Crippen LogP contribution is -2.06. The Hall–Kier alpha value is -4.38. The molecule has 0 aliphatic rings. The number of anilines is 1. The quantitative estimate of drug-likeness (QED) is 0.355. The molecule has 5 rings (SSSR count). The molecular weight excluding hydrogens is 396 g/mol. The molecule has 0 radical (unpaired) electrons. The molecule has 0 saturated heterocycles. The molecule has 2 aromatic heterocycles. The first-order valence-corrected chi connectivity index (χ1v) is 10.4. The molecule has 3 aromatic carbocycles. The molecule has 0 atom stereocenters. The summed E-state index contributed by atoms with van der Waals surface area (Å²) in [7, 11) is 0. The van der Waals surface area contributed by atoms with Crippen molar-refractivity contribution in [1.29, 1.82) is 0 Å². The Kier molecular flexibility index (Phi) is 5.37. The third-order valence-corrected chi connectivity index (χ3v) is 5.28. The molecule has 0 aliphatic heterocycles. The summed E-state index contributed by atoms with van der Waals surface area (Å²) in [5, 5.41) is 4.44. The first-order chi connectivity index (χ1) is 15.8. The third kappa shape index (κ3) is 3.96. The van der Waals surface area contributed by atoms with Crippen LogP contribution in [0.5, 0.6) is 0 Å². The van der Waals surface area contributed by atoms with Crippen molar-refractivity contribution < 1.29 is 4.79 Å². The highest BCUT2D eigenvalue weighted by molar-refractivity contribution is 6.02. The number of hydrogen-bond donors (Lipinski definition) is 1. The van der Waals surface area contributed by atoms with E-state index in [4.69, 9.17) is 9.97 Å². The molecule has 2 heterocycles. The van der Waals surface area contributed by atoms with Crippen LogP contribution in [-0.4, -0.2) is 21.2 Å². The number of carbonyl (C=O) groups is 1. The first-order valence-electron chi connectivity index (χ1n) is 10.4. The molecule has 1 N–H and O–H groups in total. The van der Waals surface area contributed by atoms with Gasteiger partial charge in [0.15, 0.2) is 5.82 Å². The van der Waals surface area contributed by atoms with E-state index in [1.54, 1.807) is 18.3 Å². The van der Waals surface area contributed by atoms with Gasteiger partial charge in [0.1, 0.15) is 12.1 Å². The number of fused-ring (bicyclic) bond motifs is 1. The Bertz CT molecular complexity index is 1370. The van der Waals surface area contributed by atoms with Crippen molar-refractivity contribution in [3.05, 3.63) is 108 Å². The Balaban J connectivity index is 1.66. The van der Waals surface area contributed by atoms with E-state index in [1.165, 1.54) is 0 Å². The van der Waals surface area contributed by atoms with Gasteiger partial charge in [0.05, 0.1) is 23.1 Å². The van der Waals surface area contributed by atoms with Crippen LogP contribution in [0.1, 0.15) is 16.1 Å². The molecule has 5 heteroatoms. The summed E-state index contributed by atoms with van der Waals surface area (Å²) in [6.45, 7) is 0.541. The highest BCUT2D eigenvalue weighted by Gasteiger charge is 2.14. The largest absolute Gasteiger partial charge is 0.364 e. The monoisotopic (exact) mass is 416 g/mol. The van der Waals surface area contributed by atoms with Gasteiger partial charge >= 0.3 is 0 Å². The number of hydrogen-bond acceptors (Lipinski definition) is 5. The van der Waals surface area contributed by atoms with Crippen LogP contribution in [-0.2, 0) is 6.54 Å². The zero-order chi connectivity index (χ0) is 21.8. The average Bonchev–Trinajstić information content (AvgIpc) is 2.88. The Labute approximate surface area is 185 Å². The molecule has 0 saturated carbocycles. The second-order valence-electron chi connectivity index (χ2n) is 7.38. The van der Waals surface area contributed by atoms with Crippen LogP contribution < -0.4 is 5.32 Å². The van der Waals surface area contributed by atoms with E-state index in [0.717, 1.165) is 45.4 Å². The lowest BCUT2D eigenvalue weighted by atomic mass is 10.0. The van der Waals surface area contributed by atoms with Gasteiger partial charge < -0.3 is 5.32 Å². The number of benzene rings is 3. The van der Waals surface area contributed by atoms with Crippen molar-refractivity contribution in [3.63, 3.8) is 0 Å². The van der Waals surface area contributed by atoms with Gasteiger partial charge in [-0.15, -0.1) is 0 Å². The second kappa shape index (κ2) is 8.78. The Morgan fingerprint density at radius 1 is 0.750 bits per heavy atom. The van der Waals surface area contributed by atoms with Crippen molar-refractivity contribution in [3.8, 4) is 22.5 Å². The third-order valence-electron chi connectivity index (χ3n) is 5.28. The van der Waals surface area contributed by atoms with Gasteiger partial charge in [-0.2, -0.15) is 0 Å². The molecule has 0 aliphatic carbocycles. The summed E-state index contributed by atoms with van der Waals surface area (Å²) in [6.07, 6.45) is 2.61. The maximum atomic E-state index is 11.0. The van der Waals surface area contributed by atoms with E-state index in [9.17, 15) is 4.79 Å². The van der Waals surface area contributed by atoms with Crippen LogP contribution in [0, 0.1) is 0 Å². The van der Waals surface area contributed by atoms with E-state index in [0.29, 0.717) is 17.9 Å².